The van der Waals surface area contributed by atoms with Gasteiger partial charge in [-0.15, -0.1) is 0 Å². The van der Waals surface area contributed by atoms with Crippen LogP contribution in [0.5, 0.6) is 5.75 Å². The molecule has 1 fully saturated rings. The maximum absolute atomic E-state index is 9.97. The second kappa shape index (κ2) is 5.94. The molecule has 0 spiro atoms. The van der Waals surface area contributed by atoms with E-state index in [1.54, 1.807) is 6.07 Å². The van der Waals surface area contributed by atoms with Gasteiger partial charge >= 0.3 is 0 Å². The van der Waals surface area contributed by atoms with Crippen LogP contribution >= 0.6 is 0 Å². The fourth-order valence-corrected chi connectivity index (χ4v) is 3.06. The lowest BCUT2D eigenvalue weighted by atomic mass is 9.95. The van der Waals surface area contributed by atoms with Crippen LogP contribution in [0.3, 0.4) is 0 Å². The summed E-state index contributed by atoms with van der Waals surface area (Å²) in [5, 5.41) is 15.6. The highest BCUT2D eigenvalue weighted by molar-refractivity contribution is 5.97. The third-order valence-electron chi connectivity index (χ3n) is 4.32. The van der Waals surface area contributed by atoms with E-state index in [2.05, 4.69) is 31.3 Å². The molecular formula is C18H23NO2. The summed E-state index contributed by atoms with van der Waals surface area (Å²) < 4.78 is 5.83. The van der Waals surface area contributed by atoms with Crippen molar-refractivity contribution in [2.45, 2.75) is 38.8 Å². The minimum absolute atomic E-state index is 0.333. The van der Waals surface area contributed by atoms with Crippen LogP contribution in [-0.4, -0.2) is 23.9 Å². The van der Waals surface area contributed by atoms with Crippen molar-refractivity contribution in [3.05, 3.63) is 36.4 Å². The smallest absolute Gasteiger partial charge is 0.123 e. The molecule has 0 saturated carbocycles. The average molecular weight is 285 g/mol. The molecule has 0 aromatic heterocycles. The predicted molar refractivity (Wildman–Crippen MR) is 86.8 cm³/mol. The Morgan fingerprint density at radius 1 is 1.14 bits per heavy atom. The largest absolute Gasteiger partial charge is 0.507 e. The summed E-state index contributed by atoms with van der Waals surface area (Å²) in [7, 11) is 0. The molecular weight excluding hydrogens is 262 g/mol. The fourth-order valence-electron chi connectivity index (χ4n) is 3.06. The summed E-state index contributed by atoms with van der Waals surface area (Å²) in [5.74, 6) is 0.884. The van der Waals surface area contributed by atoms with Gasteiger partial charge in [-0.1, -0.05) is 38.1 Å². The van der Waals surface area contributed by atoms with E-state index in [-0.39, 0.29) is 0 Å². The minimum atomic E-state index is 0.333. The van der Waals surface area contributed by atoms with Crippen LogP contribution in [0.1, 0.15) is 26.7 Å². The van der Waals surface area contributed by atoms with Crippen LogP contribution in [0.4, 0.5) is 5.69 Å². The number of benzene rings is 2. The second-order valence-corrected chi connectivity index (χ2v) is 6.20. The van der Waals surface area contributed by atoms with Gasteiger partial charge < -0.3 is 15.2 Å². The number of ether oxygens (including phenoxy) is 1. The zero-order valence-electron chi connectivity index (χ0n) is 12.7. The average Bonchev–Trinajstić information content (AvgIpc) is 2.49. The maximum Gasteiger partial charge on any atom is 0.123 e. The molecule has 0 radical (unpaired) electrons. The highest BCUT2D eigenvalue weighted by Crippen LogP contribution is 2.31. The molecule has 3 rings (SSSR count). The Kier molecular flexibility index (Phi) is 4.02. The van der Waals surface area contributed by atoms with Crippen LogP contribution in [0, 0.1) is 5.92 Å². The van der Waals surface area contributed by atoms with Gasteiger partial charge in [-0.05, 0) is 30.9 Å². The normalized spacial score (nSPS) is 22.6. The zero-order valence-corrected chi connectivity index (χ0v) is 12.7. The first-order valence-electron chi connectivity index (χ1n) is 7.74. The Balaban J connectivity index is 1.83. The van der Waals surface area contributed by atoms with Gasteiger partial charge in [0.15, 0.2) is 0 Å². The molecule has 21 heavy (non-hydrogen) atoms. The fraction of sp³-hybridized carbons (Fsp3) is 0.444. The Bertz CT molecular complexity index is 624. The number of aromatic hydroxyl groups is 1. The van der Waals surface area contributed by atoms with E-state index < -0.39 is 0 Å². The van der Waals surface area contributed by atoms with Crippen molar-refractivity contribution < 1.29 is 9.84 Å². The maximum atomic E-state index is 9.97. The highest BCUT2D eigenvalue weighted by atomic mass is 16.5. The molecule has 0 aliphatic carbocycles. The molecule has 1 heterocycles. The molecule has 3 nitrogen and oxygen atoms in total. The van der Waals surface area contributed by atoms with Crippen molar-refractivity contribution >= 4 is 16.5 Å². The molecule has 2 aromatic rings. The number of phenolic OH excluding ortho intramolecular Hbond substituents is 1. The van der Waals surface area contributed by atoms with Crippen LogP contribution in [-0.2, 0) is 4.74 Å². The van der Waals surface area contributed by atoms with Crippen molar-refractivity contribution in [3.63, 3.8) is 0 Å². The minimum Gasteiger partial charge on any atom is -0.507 e. The van der Waals surface area contributed by atoms with Gasteiger partial charge in [0.05, 0.1) is 6.10 Å². The summed E-state index contributed by atoms with van der Waals surface area (Å²) in [6.45, 7) is 5.24. The third-order valence-corrected chi connectivity index (χ3v) is 4.32. The molecule has 1 saturated heterocycles. The zero-order chi connectivity index (χ0) is 14.8. The molecule has 2 atom stereocenters. The van der Waals surface area contributed by atoms with Gasteiger partial charge in [0, 0.05) is 29.1 Å². The Morgan fingerprint density at radius 3 is 2.71 bits per heavy atom. The Labute approximate surface area is 125 Å². The summed E-state index contributed by atoms with van der Waals surface area (Å²) in [6, 6.07) is 12.1. The van der Waals surface area contributed by atoms with Gasteiger partial charge in [0.1, 0.15) is 5.75 Å². The highest BCUT2D eigenvalue weighted by Gasteiger charge is 2.25. The molecule has 3 heteroatoms. The molecule has 2 aromatic carbocycles. The van der Waals surface area contributed by atoms with Crippen LogP contribution < -0.4 is 5.32 Å². The number of hydrogen-bond acceptors (Lipinski definition) is 3. The van der Waals surface area contributed by atoms with E-state index in [4.69, 9.17) is 4.74 Å². The van der Waals surface area contributed by atoms with Crippen molar-refractivity contribution in [3.8, 4) is 5.75 Å². The number of phenols is 1. The van der Waals surface area contributed by atoms with Crippen molar-refractivity contribution in [2.24, 2.45) is 5.92 Å². The van der Waals surface area contributed by atoms with E-state index >= 15 is 0 Å². The van der Waals surface area contributed by atoms with Crippen molar-refractivity contribution in [1.29, 1.82) is 0 Å². The van der Waals surface area contributed by atoms with E-state index in [0.717, 1.165) is 35.9 Å². The first-order valence-corrected chi connectivity index (χ1v) is 7.74. The van der Waals surface area contributed by atoms with E-state index in [1.807, 2.05) is 18.2 Å². The number of anilines is 1. The summed E-state index contributed by atoms with van der Waals surface area (Å²) >= 11 is 0. The predicted octanol–water partition coefficient (Wildman–Crippen LogP) is 4.16. The van der Waals surface area contributed by atoms with Gasteiger partial charge in [0.25, 0.3) is 0 Å². The SMILES string of the molecule is CC(C)C1CC(Nc2cccc3c(O)cccc23)CCO1. The lowest BCUT2D eigenvalue weighted by Gasteiger charge is -2.33. The summed E-state index contributed by atoms with van der Waals surface area (Å²) in [5.41, 5.74) is 1.10. The van der Waals surface area contributed by atoms with Gasteiger partial charge in [-0.3, -0.25) is 0 Å². The van der Waals surface area contributed by atoms with Gasteiger partial charge in [0.2, 0.25) is 0 Å². The van der Waals surface area contributed by atoms with Crippen LogP contribution in [0.25, 0.3) is 10.8 Å². The third kappa shape index (κ3) is 2.98. The van der Waals surface area contributed by atoms with Crippen molar-refractivity contribution in [1.82, 2.24) is 0 Å². The number of hydrogen-bond donors (Lipinski definition) is 2. The van der Waals surface area contributed by atoms with Crippen molar-refractivity contribution in [2.75, 3.05) is 11.9 Å². The molecule has 0 bridgehead atoms. The molecule has 2 N–H and O–H groups in total. The Morgan fingerprint density at radius 2 is 1.90 bits per heavy atom. The van der Waals surface area contributed by atoms with Crippen LogP contribution in [0.2, 0.25) is 0 Å². The summed E-state index contributed by atoms with van der Waals surface area (Å²) in [6.07, 6.45) is 2.39. The Hall–Kier alpha value is -1.74. The van der Waals surface area contributed by atoms with E-state index in [1.165, 1.54) is 0 Å². The van der Waals surface area contributed by atoms with E-state index in [0.29, 0.717) is 23.8 Å². The molecule has 112 valence electrons. The standard InChI is InChI=1S/C18H23NO2/c1-12(2)18-11-13(9-10-21-18)19-16-7-3-6-15-14(16)5-4-8-17(15)20/h3-8,12-13,18-20H,9-11H2,1-2H3. The molecule has 1 aliphatic heterocycles. The quantitative estimate of drug-likeness (QED) is 0.889. The lowest BCUT2D eigenvalue weighted by molar-refractivity contribution is -0.0160. The second-order valence-electron chi connectivity index (χ2n) is 6.20. The van der Waals surface area contributed by atoms with Gasteiger partial charge in [-0.2, -0.15) is 0 Å². The monoisotopic (exact) mass is 285 g/mol. The lowest BCUT2D eigenvalue weighted by Crippen LogP contribution is -2.36. The van der Waals surface area contributed by atoms with E-state index in [9.17, 15) is 5.11 Å². The number of fused-ring (bicyclic) bond motifs is 1. The number of nitrogens with one attached hydrogen (secondary N) is 1. The first-order chi connectivity index (χ1) is 10.1. The topological polar surface area (TPSA) is 41.5 Å². The molecule has 1 aliphatic rings. The van der Waals surface area contributed by atoms with Gasteiger partial charge in [-0.25, -0.2) is 0 Å². The molecule has 2 unspecified atom stereocenters. The first kappa shape index (κ1) is 14.2. The molecule has 0 amide bonds. The number of rotatable bonds is 3. The summed E-state index contributed by atoms with van der Waals surface area (Å²) in [4.78, 5) is 0. The van der Waals surface area contributed by atoms with Crippen LogP contribution in [0.15, 0.2) is 36.4 Å².